The van der Waals surface area contributed by atoms with Gasteiger partial charge in [0.1, 0.15) is 5.75 Å². The maximum atomic E-state index is 11.6. The summed E-state index contributed by atoms with van der Waals surface area (Å²) in [6.45, 7) is -0.0836. The Morgan fingerprint density at radius 3 is 2.33 bits per heavy atom. The van der Waals surface area contributed by atoms with Crippen LogP contribution < -0.4 is 15.4 Å². The van der Waals surface area contributed by atoms with Gasteiger partial charge in [-0.15, -0.1) is 0 Å². The molecule has 8 nitrogen and oxygen atoms in total. The number of non-ortho nitro benzene ring substituents is 1. The van der Waals surface area contributed by atoms with Crippen LogP contribution in [0.4, 0.5) is 10.5 Å². The third kappa shape index (κ3) is 5.41. The highest BCUT2D eigenvalue weighted by Crippen LogP contribution is 2.16. The van der Waals surface area contributed by atoms with E-state index in [-0.39, 0.29) is 12.3 Å². The summed E-state index contributed by atoms with van der Waals surface area (Å²) in [7, 11) is 0. The van der Waals surface area contributed by atoms with E-state index in [1.54, 1.807) is 0 Å². The molecule has 0 saturated carbocycles. The fraction of sp³-hybridized carbons (Fsp3) is 0.125. The van der Waals surface area contributed by atoms with Crippen LogP contribution >= 0.6 is 0 Å². The van der Waals surface area contributed by atoms with Gasteiger partial charge in [0.2, 0.25) is 0 Å². The minimum Gasteiger partial charge on any atom is -0.484 e. The average molecular weight is 329 g/mol. The van der Waals surface area contributed by atoms with Crippen molar-refractivity contribution >= 4 is 17.6 Å². The van der Waals surface area contributed by atoms with Crippen LogP contribution in [0.3, 0.4) is 0 Å². The molecule has 0 spiro atoms. The summed E-state index contributed by atoms with van der Waals surface area (Å²) in [4.78, 5) is 33.2. The minimum absolute atomic E-state index is 0.0768. The van der Waals surface area contributed by atoms with Crippen molar-refractivity contribution in [2.75, 3.05) is 6.61 Å². The predicted octanol–water partition coefficient (Wildman–Crippen LogP) is 2.00. The van der Waals surface area contributed by atoms with Gasteiger partial charge in [-0.2, -0.15) is 0 Å². The van der Waals surface area contributed by atoms with E-state index in [2.05, 4.69) is 10.6 Å². The van der Waals surface area contributed by atoms with E-state index < -0.39 is 16.9 Å². The van der Waals surface area contributed by atoms with Crippen molar-refractivity contribution in [2.45, 2.75) is 6.54 Å². The van der Waals surface area contributed by atoms with E-state index in [4.69, 9.17) is 4.74 Å². The van der Waals surface area contributed by atoms with Crippen LogP contribution in [-0.4, -0.2) is 23.5 Å². The first-order chi connectivity index (χ1) is 11.5. The second-order valence-corrected chi connectivity index (χ2v) is 4.76. The van der Waals surface area contributed by atoms with E-state index in [1.165, 1.54) is 24.3 Å². The van der Waals surface area contributed by atoms with Crippen molar-refractivity contribution in [1.29, 1.82) is 0 Å². The molecule has 0 fully saturated rings. The van der Waals surface area contributed by atoms with Gasteiger partial charge in [-0.25, -0.2) is 4.79 Å². The smallest absolute Gasteiger partial charge is 0.321 e. The summed E-state index contributed by atoms with van der Waals surface area (Å²) in [6, 6.07) is 13.9. The van der Waals surface area contributed by atoms with E-state index in [9.17, 15) is 19.7 Å². The molecule has 0 bridgehead atoms. The number of carbonyl (C=O) groups is 2. The number of nitro benzene ring substituents is 1. The average Bonchev–Trinajstić information content (AvgIpc) is 2.59. The summed E-state index contributed by atoms with van der Waals surface area (Å²) in [6.07, 6.45) is 0. The topological polar surface area (TPSA) is 111 Å². The first-order valence-corrected chi connectivity index (χ1v) is 7.03. The van der Waals surface area contributed by atoms with Crippen molar-refractivity contribution in [3.05, 3.63) is 70.3 Å². The van der Waals surface area contributed by atoms with E-state index in [1.807, 2.05) is 30.3 Å². The largest absolute Gasteiger partial charge is 0.484 e. The molecule has 0 radical (unpaired) electrons. The number of urea groups is 1. The maximum Gasteiger partial charge on any atom is 0.321 e. The van der Waals surface area contributed by atoms with Crippen LogP contribution in [0.15, 0.2) is 54.6 Å². The molecule has 0 aliphatic rings. The standard InChI is InChI=1S/C16H15N3O5/c20-15(11-24-14-8-6-13(7-9-14)19(22)23)18-16(21)17-10-12-4-2-1-3-5-12/h1-9H,10-11H2,(H2,17,18,20,21). The molecule has 2 N–H and O–H groups in total. The van der Waals surface area contributed by atoms with Crippen LogP contribution in [0.5, 0.6) is 5.75 Å². The number of nitrogens with one attached hydrogen (secondary N) is 2. The molecular weight excluding hydrogens is 314 g/mol. The third-order valence-corrected chi connectivity index (χ3v) is 2.97. The van der Waals surface area contributed by atoms with Gasteiger partial charge in [-0.05, 0) is 17.7 Å². The molecule has 2 aromatic carbocycles. The van der Waals surface area contributed by atoms with Crippen molar-refractivity contribution in [2.24, 2.45) is 0 Å². The Hall–Kier alpha value is -3.42. The molecule has 0 saturated heterocycles. The number of rotatable bonds is 6. The number of hydrogen-bond donors (Lipinski definition) is 2. The second kappa shape index (κ2) is 8.28. The van der Waals surface area contributed by atoms with Crippen molar-refractivity contribution in [3.63, 3.8) is 0 Å². The fourth-order valence-electron chi connectivity index (χ4n) is 1.80. The molecule has 3 amide bonds. The lowest BCUT2D eigenvalue weighted by Gasteiger charge is -2.08. The molecule has 0 aromatic heterocycles. The number of benzene rings is 2. The maximum absolute atomic E-state index is 11.6. The van der Waals surface area contributed by atoms with Gasteiger partial charge in [-0.3, -0.25) is 20.2 Å². The zero-order valence-electron chi connectivity index (χ0n) is 12.6. The van der Waals surface area contributed by atoms with Crippen LogP contribution in [0.1, 0.15) is 5.56 Å². The molecule has 8 heteroatoms. The number of ether oxygens (including phenoxy) is 1. The highest BCUT2D eigenvalue weighted by Gasteiger charge is 2.09. The summed E-state index contributed by atoms with van der Waals surface area (Å²) in [5, 5.41) is 15.2. The molecule has 2 rings (SSSR count). The number of carbonyl (C=O) groups excluding carboxylic acids is 2. The van der Waals surface area contributed by atoms with Gasteiger partial charge in [-0.1, -0.05) is 30.3 Å². The summed E-state index contributed by atoms with van der Waals surface area (Å²) in [5.41, 5.74) is 0.828. The number of amides is 3. The Bertz CT molecular complexity index is 716. The quantitative estimate of drug-likeness (QED) is 0.622. The molecule has 0 aliphatic heterocycles. The van der Waals surface area contributed by atoms with Gasteiger partial charge in [0.25, 0.3) is 11.6 Å². The van der Waals surface area contributed by atoms with Crippen LogP contribution in [0.2, 0.25) is 0 Å². The van der Waals surface area contributed by atoms with E-state index in [0.29, 0.717) is 12.3 Å². The lowest BCUT2D eigenvalue weighted by molar-refractivity contribution is -0.384. The summed E-state index contributed by atoms with van der Waals surface area (Å²) < 4.78 is 5.15. The normalized spacial score (nSPS) is 9.83. The van der Waals surface area contributed by atoms with E-state index >= 15 is 0 Å². The van der Waals surface area contributed by atoms with Gasteiger partial charge in [0.15, 0.2) is 6.61 Å². The predicted molar refractivity (Wildman–Crippen MR) is 85.4 cm³/mol. The van der Waals surface area contributed by atoms with Crippen LogP contribution in [0.25, 0.3) is 0 Å². The van der Waals surface area contributed by atoms with Crippen molar-refractivity contribution in [1.82, 2.24) is 10.6 Å². The molecule has 0 atom stereocenters. The number of imide groups is 1. The molecular formula is C16H15N3O5. The number of nitrogens with zero attached hydrogens (tertiary/aromatic N) is 1. The Labute approximate surface area is 137 Å². The SMILES string of the molecule is O=C(COc1ccc([N+](=O)[O-])cc1)NC(=O)NCc1ccccc1. The highest BCUT2D eigenvalue weighted by atomic mass is 16.6. The van der Waals surface area contributed by atoms with Crippen molar-refractivity contribution < 1.29 is 19.2 Å². The zero-order valence-corrected chi connectivity index (χ0v) is 12.6. The lowest BCUT2D eigenvalue weighted by atomic mass is 10.2. The van der Waals surface area contributed by atoms with Crippen LogP contribution in [0, 0.1) is 10.1 Å². The molecule has 124 valence electrons. The molecule has 0 heterocycles. The third-order valence-electron chi connectivity index (χ3n) is 2.97. The Morgan fingerprint density at radius 1 is 1.04 bits per heavy atom. The lowest BCUT2D eigenvalue weighted by Crippen LogP contribution is -2.41. The van der Waals surface area contributed by atoms with Gasteiger partial charge in [0, 0.05) is 18.7 Å². The Kier molecular flexibility index (Phi) is 5.84. The first kappa shape index (κ1) is 16.9. The Morgan fingerprint density at radius 2 is 1.71 bits per heavy atom. The highest BCUT2D eigenvalue weighted by molar-refractivity contribution is 5.94. The summed E-state index contributed by atoms with van der Waals surface area (Å²) >= 11 is 0. The van der Waals surface area contributed by atoms with Gasteiger partial charge < -0.3 is 10.1 Å². The monoisotopic (exact) mass is 329 g/mol. The number of hydrogen-bond acceptors (Lipinski definition) is 5. The second-order valence-electron chi connectivity index (χ2n) is 4.76. The van der Waals surface area contributed by atoms with Crippen molar-refractivity contribution in [3.8, 4) is 5.75 Å². The zero-order chi connectivity index (χ0) is 17.4. The Balaban J connectivity index is 1.72. The first-order valence-electron chi connectivity index (χ1n) is 7.03. The molecule has 0 unspecified atom stereocenters. The van der Waals surface area contributed by atoms with Gasteiger partial charge in [0.05, 0.1) is 4.92 Å². The fourth-order valence-corrected chi connectivity index (χ4v) is 1.80. The minimum atomic E-state index is -0.629. The molecule has 24 heavy (non-hydrogen) atoms. The molecule has 2 aromatic rings. The van der Waals surface area contributed by atoms with Crippen LogP contribution in [-0.2, 0) is 11.3 Å². The summed E-state index contributed by atoms with van der Waals surface area (Å²) in [5.74, 6) is -0.334. The van der Waals surface area contributed by atoms with E-state index in [0.717, 1.165) is 5.56 Å². The van der Waals surface area contributed by atoms with Gasteiger partial charge >= 0.3 is 6.03 Å². The number of nitro groups is 1. The molecule has 0 aliphatic carbocycles.